The Bertz CT molecular complexity index is 27.4. The van der Waals surface area contributed by atoms with Gasteiger partial charge in [0.25, 0.3) is 0 Å². The monoisotopic (exact) mass is 656 g/mol. The molecular weight excluding hydrogens is 612 g/mol. The van der Waals surface area contributed by atoms with E-state index in [0.717, 1.165) is 0 Å². The molecule has 0 radical (unpaired) electrons. The van der Waals surface area contributed by atoms with Gasteiger partial charge in [-0.05, 0) is 0 Å². The van der Waals surface area contributed by atoms with Crippen molar-refractivity contribution in [3.05, 3.63) is 57.4 Å². The van der Waals surface area contributed by atoms with Gasteiger partial charge in [-0.3, -0.25) is 0 Å². The topological polar surface area (TPSA) is 126 Å². The second-order valence-corrected chi connectivity index (χ2v) is 0. The van der Waals surface area contributed by atoms with Crippen LogP contribution < -0.4 is 0 Å². The summed E-state index contributed by atoms with van der Waals surface area (Å²) in [7, 11) is 0. The molecule has 144 valence electrons. The van der Waals surface area contributed by atoms with Crippen LogP contribution in [0.1, 0.15) is 27.7 Å². The molecule has 0 unspecified atom stereocenters. The Morgan fingerprint density at radius 3 is 0.300 bits per heavy atom. The summed E-state index contributed by atoms with van der Waals surface area (Å²) in [6, 6.07) is 0. The van der Waals surface area contributed by atoms with Gasteiger partial charge in [0.2, 0.25) is 0 Å². The van der Waals surface area contributed by atoms with E-state index >= 15 is 0 Å². The van der Waals surface area contributed by atoms with Crippen LogP contribution in [0, 0.1) is 57.4 Å². The van der Waals surface area contributed by atoms with Crippen LogP contribution in [0.15, 0.2) is 0 Å². The zero-order valence-electron chi connectivity index (χ0n) is 14.2. The van der Waals surface area contributed by atoms with Crippen molar-refractivity contribution in [3.8, 4) is 0 Å². The summed E-state index contributed by atoms with van der Waals surface area (Å²) in [5.41, 5.74) is 0. The molecule has 0 amide bonds. The largest absolute Gasteiger partial charge is 2.00 e. The summed E-state index contributed by atoms with van der Waals surface area (Å²) in [4.78, 5) is 0. The van der Waals surface area contributed by atoms with E-state index in [-0.39, 0.29) is 130 Å². The molecule has 0 aliphatic rings. The third kappa shape index (κ3) is 1400. The van der Waals surface area contributed by atoms with Crippen LogP contribution in [0.2, 0.25) is 0 Å². The summed E-state index contributed by atoms with van der Waals surface area (Å²) in [6.07, 6.45) is 0. The predicted octanol–water partition coefficient (Wildman–Crippen LogP) is 1.85. The first-order chi connectivity index (χ1) is 4.00. The van der Waals surface area contributed by atoms with Crippen LogP contribution in [-0.2, 0) is 77.9 Å². The molecule has 0 aliphatic heterocycles. The maximum Gasteiger partial charge on any atom is 2.00 e. The first kappa shape index (κ1) is 253. The first-order valence-electron chi connectivity index (χ1n) is 2.83. The summed E-state index contributed by atoms with van der Waals surface area (Å²) in [5, 5.41) is 0. The van der Waals surface area contributed by atoms with Gasteiger partial charge in [0, 0.05) is 0 Å². The molecule has 0 saturated carbocycles. The van der Waals surface area contributed by atoms with Crippen LogP contribution in [0.4, 0.5) is 0 Å². The molecule has 8 heteroatoms. The van der Waals surface area contributed by atoms with Crippen molar-refractivity contribution in [1.29, 1.82) is 0 Å². The average Bonchev–Trinajstić information content (AvgIpc) is 2.03. The van der Waals surface area contributed by atoms with Crippen molar-refractivity contribution >= 4 is 0 Å². The van der Waals surface area contributed by atoms with Gasteiger partial charge in [0.15, 0.2) is 0 Å². The van der Waals surface area contributed by atoms with E-state index in [0.29, 0.717) is 0 Å². The van der Waals surface area contributed by atoms with Gasteiger partial charge < -0.3 is 79.3 Å². The summed E-state index contributed by atoms with van der Waals surface area (Å²) < 4.78 is 0. The van der Waals surface area contributed by atoms with E-state index in [4.69, 9.17) is 0 Å². The molecule has 0 atom stereocenters. The Balaban J connectivity index is -0.000000000635. The second kappa shape index (κ2) is 1620. The number of hydrogen-bond acceptors (Lipinski definition) is 0. The van der Waals surface area contributed by atoms with Crippen molar-refractivity contribution in [2.75, 3.05) is 0 Å². The summed E-state index contributed by atoms with van der Waals surface area (Å²) in [5.74, 6) is 0. The zero-order chi connectivity index (χ0) is 8.00. The third-order valence-electron chi connectivity index (χ3n) is 0. The fourth-order valence-electron chi connectivity index (χ4n) is 0. The SMILES string of the molecule is O.O.O.O.[CH2-]C.[CH2-]C.[CH2-]C.[CH2-]C.[CH3-].[CH3-].[CH3-].[CH3-].[Ru+2].[Ru+2].[Ru+2].[Ru+2]. The van der Waals surface area contributed by atoms with Crippen molar-refractivity contribution < 1.29 is 99.8 Å². The standard InChI is InChI=1S/4C2H5.4CH3.4H2O.4Ru/c4*1-2;;;;;;;;;;;;/h4*1H2,2H3;4*1H3;4*1H2;;;;/q8*-1;;;;;4*+2. The van der Waals surface area contributed by atoms with Crippen LogP contribution in [0.3, 0.4) is 0 Å². The molecule has 0 aromatic carbocycles. The van der Waals surface area contributed by atoms with E-state index in [9.17, 15) is 0 Å². The molecule has 20 heavy (non-hydrogen) atoms. The molecule has 0 aliphatic carbocycles. The maximum atomic E-state index is 3.25. The van der Waals surface area contributed by atoms with Gasteiger partial charge in [-0.25, -0.2) is 0 Å². The van der Waals surface area contributed by atoms with Crippen LogP contribution in [0.5, 0.6) is 0 Å². The van der Waals surface area contributed by atoms with Crippen LogP contribution in [-0.4, -0.2) is 21.9 Å². The van der Waals surface area contributed by atoms with Gasteiger partial charge in [-0.1, -0.05) is 0 Å². The molecule has 0 aromatic heterocycles. The molecule has 0 saturated heterocycles. The third-order valence-corrected chi connectivity index (χ3v) is 0. The number of hydrogen-bond donors (Lipinski definition) is 0. The van der Waals surface area contributed by atoms with Gasteiger partial charge in [-0.2, -0.15) is 27.7 Å². The molecule has 0 spiro atoms. The fourth-order valence-corrected chi connectivity index (χ4v) is 0. The van der Waals surface area contributed by atoms with Gasteiger partial charge in [0.1, 0.15) is 0 Å². The summed E-state index contributed by atoms with van der Waals surface area (Å²) in [6.45, 7) is 20.0. The van der Waals surface area contributed by atoms with E-state index in [1.807, 2.05) is 0 Å². The van der Waals surface area contributed by atoms with Crippen molar-refractivity contribution in [3.63, 3.8) is 0 Å². The van der Waals surface area contributed by atoms with Crippen molar-refractivity contribution in [2.45, 2.75) is 27.7 Å². The van der Waals surface area contributed by atoms with Crippen molar-refractivity contribution in [1.82, 2.24) is 0 Å². The van der Waals surface area contributed by atoms with Gasteiger partial charge >= 0.3 is 77.9 Å². The Labute approximate surface area is 183 Å². The molecule has 0 rings (SSSR count). The van der Waals surface area contributed by atoms with Gasteiger partial charge in [-0.15, -0.1) is 0 Å². The number of rotatable bonds is 0. The van der Waals surface area contributed by atoms with E-state index in [1.54, 1.807) is 27.7 Å². The van der Waals surface area contributed by atoms with E-state index < -0.39 is 0 Å². The van der Waals surface area contributed by atoms with Crippen LogP contribution >= 0.6 is 0 Å². The normalized spacial score (nSPS) is 1.20. The van der Waals surface area contributed by atoms with Crippen LogP contribution in [0.25, 0.3) is 0 Å². The Morgan fingerprint density at radius 2 is 0.300 bits per heavy atom. The Morgan fingerprint density at radius 1 is 0.300 bits per heavy atom. The molecular formula is C12H40O4Ru4. The molecule has 0 heterocycles. The maximum absolute atomic E-state index is 3.25. The van der Waals surface area contributed by atoms with Crippen molar-refractivity contribution in [2.24, 2.45) is 0 Å². The minimum Gasteiger partial charge on any atom is -0.412 e. The fraction of sp³-hybridized carbons (Fsp3) is 0.333. The van der Waals surface area contributed by atoms with E-state index in [1.165, 1.54) is 0 Å². The molecule has 0 fully saturated rings. The minimum absolute atomic E-state index is 0. The molecule has 0 bridgehead atoms. The first-order valence-corrected chi connectivity index (χ1v) is 2.83. The van der Waals surface area contributed by atoms with E-state index in [2.05, 4.69) is 27.7 Å². The second-order valence-electron chi connectivity index (χ2n) is 0. The van der Waals surface area contributed by atoms with Gasteiger partial charge in [0.05, 0.1) is 0 Å². The molecule has 8 N–H and O–H groups in total. The molecule has 4 nitrogen and oxygen atoms in total. The zero-order valence-corrected chi connectivity index (χ0v) is 21.2. The average molecular weight is 653 g/mol. The quantitative estimate of drug-likeness (QED) is 0.280. The minimum atomic E-state index is 0. The Kier molecular flexibility index (Phi) is 20500. The molecule has 0 aromatic rings. The predicted molar refractivity (Wildman–Crippen MR) is 84.2 cm³/mol. The Hall–Kier alpha value is 2.33. The smallest absolute Gasteiger partial charge is 0.412 e. The summed E-state index contributed by atoms with van der Waals surface area (Å²) >= 11 is 0.